The third-order valence-corrected chi connectivity index (χ3v) is 5.17. The van der Waals surface area contributed by atoms with E-state index in [9.17, 15) is 9.59 Å². The summed E-state index contributed by atoms with van der Waals surface area (Å²) in [5.41, 5.74) is 2.79. The van der Waals surface area contributed by atoms with Gasteiger partial charge in [0.2, 0.25) is 11.8 Å². The number of likely N-dealkylation sites (tertiary alicyclic amines) is 1. The van der Waals surface area contributed by atoms with Crippen molar-refractivity contribution < 1.29 is 19.4 Å². The highest BCUT2D eigenvalue weighted by Gasteiger charge is 2.52. The first-order chi connectivity index (χ1) is 12.6. The number of fused-ring (bicyclic) bond motifs is 2. The minimum absolute atomic E-state index is 0.0945. The highest BCUT2D eigenvalue weighted by atomic mass is 16.5. The molecule has 6 nitrogen and oxygen atoms in total. The molecule has 0 aromatic heterocycles. The summed E-state index contributed by atoms with van der Waals surface area (Å²) in [6.07, 6.45) is 0.587. The second-order valence-electron chi connectivity index (χ2n) is 6.57. The lowest BCUT2D eigenvalue weighted by Gasteiger charge is -2.34. The first-order valence-corrected chi connectivity index (χ1v) is 8.61. The molecule has 2 saturated heterocycles. The largest absolute Gasteiger partial charge is 0.495 e. The Morgan fingerprint density at radius 1 is 1.19 bits per heavy atom. The molecule has 0 aliphatic carbocycles. The number of carbonyl (C=O) groups excluding carboxylic acids is 2. The maximum absolute atomic E-state index is 12.9. The quantitative estimate of drug-likeness (QED) is 0.909. The zero-order valence-electron chi connectivity index (χ0n) is 14.5. The molecule has 1 N–H and O–H groups in total. The van der Waals surface area contributed by atoms with E-state index in [-0.39, 0.29) is 11.9 Å². The van der Waals surface area contributed by atoms with Crippen molar-refractivity contribution in [2.24, 2.45) is 0 Å². The molecule has 2 aliphatic rings. The SMILES string of the molecule is COc1ccc(-c2ccccc2)cc1N1C(=O)C2CC1CN2C(=O)CO. The van der Waals surface area contributed by atoms with E-state index in [1.165, 1.54) is 4.90 Å². The van der Waals surface area contributed by atoms with Gasteiger partial charge in [-0.15, -0.1) is 0 Å². The molecule has 0 spiro atoms. The number of benzene rings is 2. The lowest BCUT2D eigenvalue weighted by molar-refractivity contribution is -0.140. The number of methoxy groups -OCH3 is 1. The van der Waals surface area contributed by atoms with Crippen LogP contribution in [0.3, 0.4) is 0 Å². The lowest BCUT2D eigenvalue weighted by Crippen LogP contribution is -2.53. The summed E-state index contributed by atoms with van der Waals surface area (Å²) >= 11 is 0. The number of rotatable bonds is 4. The van der Waals surface area contributed by atoms with E-state index in [0.717, 1.165) is 16.8 Å². The van der Waals surface area contributed by atoms with Crippen molar-refractivity contribution in [3.05, 3.63) is 48.5 Å². The molecule has 2 bridgehead atoms. The number of aliphatic hydroxyl groups is 1. The van der Waals surface area contributed by atoms with Crippen molar-refractivity contribution in [3.63, 3.8) is 0 Å². The van der Waals surface area contributed by atoms with Gasteiger partial charge in [-0.1, -0.05) is 36.4 Å². The molecule has 0 radical (unpaired) electrons. The van der Waals surface area contributed by atoms with Crippen LogP contribution in [0.4, 0.5) is 5.69 Å². The maximum Gasteiger partial charge on any atom is 0.250 e. The Morgan fingerprint density at radius 2 is 1.96 bits per heavy atom. The molecule has 2 aromatic carbocycles. The van der Waals surface area contributed by atoms with E-state index < -0.39 is 18.6 Å². The molecule has 6 heteroatoms. The molecule has 0 saturated carbocycles. The fraction of sp³-hybridized carbons (Fsp3) is 0.300. The molecule has 26 heavy (non-hydrogen) atoms. The van der Waals surface area contributed by atoms with Gasteiger partial charge in [-0.3, -0.25) is 9.59 Å². The summed E-state index contributed by atoms with van der Waals surface area (Å²) in [7, 11) is 1.58. The first-order valence-electron chi connectivity index (χ1n) is 8.61. The van der Waals surface area contributed by atoms with Crippen LogP contribution in [0, 0.1) is 0 Å². The summed E-state index contributed by atoms with van der Waals surface area (Å²) in [5, 5.41) is 9.10. The van der Waals surface area contributed by atoms with Crippen LogP contribution < -0.4 is 9.64 Å². The van der Waals surface area contributed by atoms with Crippen LogP contribution >= 0.6 is 0 Å². The summed E-state index contributed by atoms with van der Waals surface area (Å²) in [5.74, 6) is 0.118. The molecule has 134 valence electrons. The van der Waals surface area contributed by atoms with E-state index in [1.807, 2.05) is 48.5 Å². The van der Waals surface area contributed by atoms with Gasteiger partial charge in [-0.05, 0) is 29.7 Å². The monoisotopic (exact) mass is 352 g/mol. The fourth-order valence-electron chi connectivity index (χ4n) is 3.95. The molecule has 2 heterocycles. The first kappa shape index (κ1) is 16.6. The summed E-state index contributed by atoms with van der Waals surface area (Å²) in [6.45, 7) is -0.127. The van der Waals surface area contributed by atoms with Gasteiger partial charge >= 0.3 is 0 Å². The third kappa shape index (κ3) is 2.54. The average Bonchev–Trinajstić information content (AvgIpc) is 3.25. The van der Waals surface area contributed by atoms with E-state index in [4.69, 9.17) is 9.84 Å². The fourth-order valence-corrected chi connectivity index (χ4v) is 3.95. The Hall–Kier alpha value is -2.86. The number of anilines is 1. The maximum atomic E-state index is 12.9. The van der Waals surface area contributed by atoms with Crippen LogP contribution in [0.15, 0.2) is 48.5 Å². The van der Waals surface area contributed by atoms with Crippen molar-refractivity contribution >= 4 is 17.5 Å². The number of amides is 2. The van der Waals surface area contributed by atoms with Gasteiger partial charge in [-0.25, -0.2) is 0 Å². The normalized spacial score (nSPS) is 21.4. The van der Waals surface area contributed by atoms with Crippen LogP contribution in [0.25, 0.3) is 11.1 Å². The Kier molecular flexibility index (Phi) is 4.12. The number of nitrogens with zero attached hydrogens (tertiary/aromatic N) is 2. The zero-order valence-corrected chi connectivity index (χ0v) is 14.5. The van der Waals surface area contributed by atoms with Gasteiger partial charge in [0.25, 0.3) is 0 Å². The van der Waals surface area contributed by atoms with Crippen LogP contribution in [0.5, 0.6) is 5.75 Å². The topological polar surface area (TPSA) is 70.1 Å². The smallest absolute Gasteiger partial charge is 0.250 e. The second-order valence-corrected chi connectivity index (χ2v) is 6.57. The van der Waals surface area contributed by atoms with Crippen molar-refractivity contribution in [1.82, 2.24) is 4.90 Å². The predicted octanol–water partition coefficient (Wildman–Crippen LogP) is 1.67. The second kappa shape index (κ2) is 6.46. The van der Waals surface area contributed by atoms with Gasteiger partial charge in [0.1, 0.15) is 18.4 Å². The Bertz CT molecular complexity index is 852. The van der Waals surface area contributed by atoms with E-state index in [0.29, 0.717) is 18.7 Å². The molecule has 2 amide bonds. The Labute approximate surface area is 151 Å². The van der Waals surface area contributed by atoms with E-state index in [2.05, 4.69) is 0 Å². The van der Waals surface area contributed by atoms with Crippen molar-refractivity contribution in [2.75, 3.05) is 25.2 Å². The molecule has 2 aromatic rings. The van der Waals surface area contributed by atoms with Gasteiger partial charge in [0.05, 0.1) is 18.8 Å². The molecule has 2 unspecified atom stereocenters. The number of aliphatic hydroxyl groups excluding tert-OH is 1. The Balaban J connectivity index is 1.70. The van der Waals surface area contributed by atoms with Crippen LogP contribution in [-0.4, -0.2) is 54.2 Å². The van der Waals surface area contributed by atoms with Gasteiger partial charge in [-0.2, -0.15) is 0 Å². The molecular weight excluding hydrogens is 332 g/mol. The van der Waals surface area contributed by atoms with Crippen LogP contribution in [0.1, 0.15) is 6.42 Å². The summed E-state index contributed by atoms with van der Waals surface area (Å²) in [4.78, 5) is 28.0. The van der Waals surface area contributed by atoms with Crippen LogP contribution in [-0.2, 0) is 9.59 Å². The standard InChI is InChI=1S/C20H20N2O4/c1-26-18-8-7-14(13-5-3-2-4-6-13)9-16(18)22-15-10-17(20(22)25)21(11-15)19(24)12-23/h2-9,15,17,23H,10-12H2,1H3. The van der Waals surface area contributed by atoms with Gasteiger partial charge < -0.3 is 19.6 Å². The minimum Gasteiger partial charge on any atom is -0.495 e. The summed E-state index contributed by atoms with van der Waals surface area (Å²) < 4.78 is 5.49. The molecule has 2 aliphatic heterocycles. The van der Waals surface area contributed by atoms with E-state index in [1.54, 1.807) is 12.0 Å². The van der Waals surface area contributed by atoms with Crippen molar-refractivity contribution in [3.8, 4) is 16.9 Å². The number of hydrogen-bond acceptors (Lipinski definition) is 4. The minimum atomic E-state index is -0.566. The molecular formula is C20H20N2O4. The number of piperazine rings is 1. The van der Waals surface area contributed by atoms with Crippen molar-refractivity contribution in [2.45, 2.75) is 18.5 Å². The predicted molar refractivity (Wildman–Crippen MR) is 96.9 cm³/mol. The van der Waals surface area contributed by atoms with Crippen LogP contribution in [0.2, 0.25) is 0 Å². The average molecular weight is 352 g/mol. The highest BCUT2D eigenvalue weighted by Crippen LogP contribution is 2.41. The molecule has 4 rings (SSSR count). The molecule has 2 fully saturated rings. The van der Waals surface area contributed by atoms with E-state index >= 15 is 0 Å². The number of ether oxygens (including phenoxy) is 1. The third-order valence-electron chi connectivity index (χ3n) is 5.17. The number of carbonyl (C=O) groups is 2. The van der Waals surface area contributed by atoms with Gasteiger partial charge in [0.15, 0.2) is 0 Å². The molecule has 2 atom stereocenters. The van der Waals surface area contributed by atoms with Crippen molar-refractivity contribution in [1.29, 1.82) is 0 Å². The zero-order chi connectivity index (χ0) is 18.3. The summed E-state index contributed by atoms with van der Waals surface area (Å²) in [6, 6.07) is 15.2. The highest BCUT2D eigenvalue weighted by molar-refractivity contribution is 6.05. The lowest BCUT2D eigenvalue weighted by atomic mass is 10.0. The van der Waals surface area contributed by atoms with Gasteiger partial charge in [0, 0.05) is 6.54 Å². The Morgan fingerprint density at radius 3 is 2.62 bits per heavy atom. The number of hydrogen-bond donors (Lipinski definition) is 1.